The summed E-state index contributed by atoms with van der Waals surface area (Å²) >= 11 is 0. The molecule has 0 aromatic carbocycles. The Kier molecular flexibility index (Phi) is 10.3. The number of amides is 3. The van der Waals surface area contributed by atoms with Crippen molar-refractivity contribution in [1.29, 1.82) is 0 Å². The molecule has 0 saturated carbocycles. The fraction of sp³-hybridized carbons (Fsp3) is 0.333. The molecule has 15 nitrogen and oxygen atoms in total. The van der Waals surface area contributed by atoms with Crippen LogP contribution in [-0.2, 0) is 20.9 Å². The van der Waals surface area contributed by atoms with E-state index in [1.165, 1.54) is 73.7 Å². The Hall–Kier alpha value is -5.34. The normalized spacial score (nSPS) is 10.7. The monoisotopic (exact) mass is 584 g/mol. The Bertz CT molecular complexity index is 1540. The molecule has 0 spiro atoms. The third-order valence-corrected chi connectivity index (χ3v) is 6.32. The Labute approximate surface area is 239 Å². The van der Waals surface area contributed by atoms with Gasteiger partial charge in [0.1, 0.15) is 6.54 Å². The van der Waals surface area contributed by atoms with Gasteiger partial charge in [-0.2, -0.15) is 0 Å². The summed E-state index contributed by atoms with van der Waals surface area (Å²) in [4.78, 5) is 76.2. The first-order chi connectivity index (χ1) is 19.9. The van der Waals surface area contributed by atoms with Gasteiger partial charge in [0.15, 0.2) is 17.2 Å². The van der Waals surface area contributed by atoms with Crippen LogP contribution < -0.4 is 26.7 Å². The molecule has 3 N–H and O–H groups in total. The van der Waals surface area contributed by atoms with Gasteiger partial charge in [0.25, 0.3) is 5.56 Å². The second-order valence-electron chi connectivity index (χ2n) is 9.28. The number of hydrogen-bond acceptors (Lipinski definition) is 9. The Morgan fingerprint density at radius 2 is 1.05 bits per heavy atom. The quantitative estimate of drug-likeness (QED) is 0.247. The summed E-state index contributed by atoms with van der Waals surface area (Å²) in [6.45, 7) is 2.20. The topological polar surface area (TPSA) is 188 Å². The fourth-order valence-corrected chi connectivity index (χ4v) is 4.24. The molecule has 0 aliphatic carbocycles. The summed E-state index contributed by atoms with van der Waals surface area (Å²) in [6, 6.07) is 7.78. The summed E-state index contributed by atoms with van der Waals surface area (Å²) in [7, 11) is 0. The lowest BCUT2D eigenvalue weighted by atomic mass is 10.3. The lowest BCUT2D eigenvalue weighted by Crippen LogP contribution is -2.47. The van der Waals surface area contributed by atoms with Crippen molar-refractivity contribution in [2.75, 3.05) is 36.2 Å². The first-order valence-corrected chi connectivity index (χ1v) is 13.0. The summed E-state index contributed by atoms with van der Waals surface area (Å²) in [6.07, 6.45) is 4.35. The molecule has 0 saturated heterocycles. The number of rotatable bonds is 12. The van der Waals surface area contributed by atoms with E-state index < -0.39 is 58.2 Å². The van der Waals surface area contributed by atoms with Crippen LogP contribution in [0.3, 0.4) is 0 Å². The molecule has 0 bridgehead atoms. The van der Waals surface area contributed by atoms with Gasteiger partial charge in [-0.05, 0) is 49.2 Å². The van der Waals surface area contributed by atoms with Crippen LogP contribution in [-0.4, -0.2) is 78.0 Å². The highest BCUT2D eigenvalue weighted by atomic mass is 16.3. The van der Waals surface area contributed by atoms with Crippen LogP contribution in [0.5, 0.6) is 17.2 Å². The SMILES string of the molecule is CC(=O)N(CCCN(CCCN(C(C)=O)n1cccc(O)c1=O)C(=O)Cn1cccc(O)c1=O)n1cccc(O)c1=O. The summed E-state index contributed by atoms with van der Waals surface area (Å²) in [5.74, 6) is -3.09. The maximum absolute atomic E-state index is 13.3. The van der Waals surface area contributed by atoms with E-state index in [-0.39, 0.29) is 39.0 Å². The van der Waals surface area contributed by atoms with E-state index in [4.69, 9.17) is 0 Å². The molecule has 0 radical (unpaired) electrons. The standard InChI is InChI=1S/C27H32N6O9/c1-19(34)30(32-14-4-9-22(37)26(32)41)16-6-12-28(24(39)18-29-11-3-8-21(36)25(29)40)13-7-17-31(20(2)35)33-15-5-10-23(38)27(33)42/h3-5,8-11,14-15,36-38H,6-7,12-13,16-18H2,1-2H3. The second-order valence-corrected chi connectivity index (χ2v) is 9.28. The number of carbonyl (C=O) groups excluding carboxylic acids is 3. The van der Waals surface area contributed by atoms with Gasteiger partial charge in [0.05, 0.1) is 0 Å². The Morgan fingerprint density at radius 1 is 0.643 bits per heavy atom. The first-order valence-electron chi connectivity index (χ1n) is 13.0. The van der Waals surface area contributed by atoms with Crippen LogP contribution >= 0.6 is 0 Å². The van der Waals surface area contributed by atoms with Crippen molar-refractivity contribution in [3.8, 4) is 17.2 Å². The van der Waals surface area contributed by atoms with E-state index in [1.807, 2.05) is 0 Å². The van der Waals surface area contributed by atoms with Gasteiger partial charge in [-0.1, -0.05) is 0 Å². The van der Waals surface area contributed by atoms with E-state index in [1.54, 1.807) is 0 Å². The average molecular weight is 585 g/mol. The van der Waals surface area contributed by atoms with E-state index in [0.29, 0.717) is 0 Å². The van der Waals surface area contributed by atoms with E-state index in [0.717, 1.165) is 23.9 Å². The van der Waals surface area contributed by atoms with Crippen LogP contribution in [0.15, 0.2) is 69.4 Å². The molecular formula is C27H32N6O9. The van der Waals surface area contributed by atoms with Gasteiger partial charge in [0, 0.05) is 58.6 Å². The van der Waals surface area contributed by atoms with Crippen molar-refractivity contribution in [2.24, 2.45) is 0 Å². The highest BCUT2D eigenvalue weighted by Gasteiger charge is 2.20. The second kappa shape index (κ2) is 13.8. The van der Waals surface area contributed by atoms with Gasteiger partial charge >= 0.3 is 11.1 Å². The van der Waals surface area contributed by atoms with Gasteiger partial charge in [-0.25, -0.2) is 19.4 Å². The van der Waals surface area contributed by atoms with Crippen molar-refractivity contribution in [1.82, 2.24) is 18.8 Å². The molecule has 0 unspecified atom stereocenters. The van der Waals surface area contributed by atoms with Gasteiger partial charge < -0.3 is 24.8 Å². The number of nitrogens with zero attached hydrogens (tertiary/aromatic N) is 6. The minimum atomic E-state index is -0.796. The number of pyridine rings is 3. The summed E-state index contributed by atoms with van der Waals surface area (Å²) in [5.41, 5.74) is -2.35. The lowest BCUT2D eigenvalue weighted by Gasteiger charge is -2.28. The van der Waals surface area contributed by atoms with Gasteiger partial charge in [0.2, 0.25) is 17.7 Å². The minimum absolute atomic E-state index is 0.00714. The first kappa shape index (κ1) is 31.2. The molecule has 42 heavy (non-hydrogen) atoms. The third kappa shape index (κ3) is 7.44. The molecule has 3 amide bonds. The summed E-state index contributed by atoms with van der Waals surface area (Å²) in [5, 5.41) is 31.5. The fourth-order valence-electron chi connectivity index (χ4n) is 4.24. The zero-order chi connectivity index (χ0) is 31.0. The Balaban J connectivity index is 1.78. The highest BCUT2D eigenvalue weighted by Crippen LogP contribution is 2.06. The lowest BCUT2D eigenvalue weighted by molar-refractivity contribution is -0.132. The molecule has 0 fully saturated rings. The largest absolute Gasteiger partial charge is 0.503 e. The molecule has 0 atom stereocenters. The van der Waals surface area contributed by atoms with E-state index in [9.17, 15) is 44.1 Å². The van der Waals surface area contributed by atoms with Crippen LogP contribution in [0.1, 0.15) is 26.7 Å². The van der Waals surface area contributed by atoms with Crippen LogP contribution in [0, 0.1) is 0 Å². The molecule has 0 aliphatic heterocycles. The minimum Gasteiger partial charge on any atom is -0.503 e. The van der Waals surface area contributed by atoms with Crippen molar-refractivity contribution < 1.29 is 29.7 Å². The zero-order valence-electron chi connectivity index (χ0n) is 23.1. The maximum Gasteiger partial charge on any atom is 0.311 e. The number of carbonyl (C=O) groups is 3. The number of aromatic nitrogens is 3. The highest BCUT2D eigenvalue weighted by molar-refractivity contribution is 5.84. The van der Waals surface area contributed by atoms with Crippen LogP contribution in [0.2, 0.25) is 0 Å². The molecule has 3 aromatic rings. The molecule has 3 rings (SSSR count). The molecule has 0 aliphatic rings. The zero-order valence-corrected chi connectivity index (χ0v) is 23.1. The molecule has 3 aromatic heterocycles. The predicted octanol–water partition coefficient (Wildman–Crippen LogP) is -0.733. The van der Waals surface area contributed by atoms with Crippen LogP contribution in [0.25, 0.3) is 0 Å². The van der Waals surface area contributed by atoms with Crippen molar-refractivity contribution >= 4 is 17.7 Å². The maximum atomic E-state index is 13.3. The Morgan fingerprint density at radius 3 is 1.48 bits per heavy atom. The van der Waals surface area contributed by atoms with E-state index >= 15 is 0 Å². The van der Waals surface area contributed by atoms with Crippen LogP contribution in [0.4, 0.5) is 0 Å². The van der Waals surface area contributed by atoms with Crippen molar-refractivity contribution in [3.63, 3.8) is 0 Å². The van der Waals surface area contributed by atoms with E-state index in [2.05, 4.69) is 0 Å². The van der Waals surface area contributed by atoms with Crippen molar-refractivity contribution in [3.05, 3.63) is 86.1 Å². The predicted molar refractivity (Wildman–Crippen MR) is 150 cm³/mol. The molecular weight excluding hydrogens is 552 g/mol. The molecule has 3 heterocycles. The average Bonchev–Trinajstić information content (AvgIpc) is 2.93. The molecule has 15 heteroatoms. The van der Waals surface area contributed by atoms with Crippen molar-refractivity contribution in [2.45, 2.75) is 33.2 Å². The van der Waals surface area contributed by atoms with Gasteiger partial charge in [-0.15, -0.1) is 0 Å². The number of hydrogen-bond donors (Lipinski definition) is 3. The number of aromatic hydroxyl groups is 3. The van der Waals surface area contributed by atoms with Gasteiger partial charge in [-0.3, -0.25) is 28.8 Å². The molecule has 224 valence electrons. The smallest absolute Gasteiger partial charge is 0.311 e. The third-order valence-electron chi connectivity index (χ3n) is 6.32. The summed E-state index contributed by atoms with van der Waals surface area (Å²) < 4.78 is 2.97.